The first-order valence-corrected chi connectivity index (χ1v) is 7.25. The van der Waals surface area contributed by atoms with Crippen LogP contribution in [0.4, 0.5) is 11.4 Å². The summed E-state index contributed by atoms with van der Waals surface area (Å²) in [5.74, 6) is -0.665. The van der Waals surface area contributed by atoms with Gasteiger partial charge in [-0.3, -0.25) is 10.1 Å². The fourth-order valence-corrected chi connectivity index (χ4v) is 2.20. The first-order valence-electron chi connectivity index (χ1n) is 6.49. The molecule has 2 rings (SSSR count). The molecule has 0 unspecified atom stereocenters. The molecule has 0 aliphatic heterocycles. The lowest BCUT2D eigenvalue weighted by molar-refractivity contribution is -0.384. The van der Waals surface area contributed by atoms with E-state index >= 15 is 0 Å². The van der Waals surface area contributed by atoms with Gasteiger partial charge in [0.05, 0.1) is 20.5 Å². The van der Waals surface area contributed by atoms with E-state index in [0.717, 1.165) is 0 Å². The fraction of sp³-hybridized carbons (Fsp3) is 0.133. The van der Waals surface area contributed by atoms with Gasteiger partial charge in [0, 0.05) is 13.1 Å². The van der Waals surface area contributed by atoms with E-state index in [9.17, 15) is 14.9 Å². The largest absolute Gasteiger partial charge is 0.457 e. The van der Waals surface area contributed by atoms with Gasteiger partial charge in [0.2, 0.25) is 0 Å². The summed E-state index contributed by atoms with van der Waals surface area (Å²) in [6, 6.07) is 8.93. The molecule has 1 N–H and O–H groups in total. The molecule has 2 aromatic rings. The van der Waals surface area contributed by atoms with Crippen molar-refractivity contribution in [2.24, 2.45) is 0 Å². The predicted octanol–water partition coefficient (Wildman–Crippen LogP) is 4.30. The smallest absolute Gasteiger partial charge is 0.338 e. The third-order valence-electron chi connectivity index (χ3n) is 3.05. The summed E-state index contributed by atoms with van der Waals surface area (Å²) in [6.07, 6.45) is 0. The van der Waals surface area contributed by atoms with Crippen molar-refractivity contribution < 1.29 is 14.5 Å². The summed E-state index contributed by atoms with van der Waals surface area (Å²) in [4.78, 5) is 22.4. The van der Waals surface area contributed by atoms with Crippen LogP contribution in [0.15, 0.2) is 36.4 Å². The van der Waals surface area contributed by atoms with Crippen LogP contribution in [-0.2, 0) is 11.3 Å². The molecule has 120 valence electrons. The van der Waals surface area contributed by atoms with Crippen LogP contribution in [0.5, 0.6) is 0 Å². The third kappa shape index (κ3) is 4.12. The Morgan fingerprint density at radius 2 is 1.96 bits per heavy atom. The molecule has 0 heterocycles. The minimum Gasteiger partial charge on any atom is -0.457 e. The number of carbonyl (C=O) groups is 1. The number of hydrogen-bond donors (Lipinski definition) is 1. The SMILES string of the molecule is CNc1ccc(C(=O)OCc2ccc(Cl)c(Cl)c2)cc1[N+](=O)[O-]. The van der Waals surface area contributed by atoms with Crippen LogP contribution < -0.4 is 5.32 Å². The number of esters is 1. The Kier molecular flexibility index (Phi) is 5.41. The number of nitro groups is 1. The van der Waals surface area contributed by atoms with Crippen LogP contribution in [0.2, 0.25) is 10.0 Å². The van der Waals surface area contributed by atoms with Gasteiger partial charge in [-0.15, -0.1) is 0 Å². The van der Waals surface area contributed by atoms with Gasteiger partial charge in [-0.1, -0.05) is 29.3 Å². The van der Waals surface area contributed by atoms with Crippen LogP contribution in [-0.4, -0.2) is 17.9 Å². The summed E-state index contributed by atoms with van der Waals surface area (Å²) in [7, 11) is 1.56. The lowest BCUT2D eigenvalue weighted by Crippen LogP contribution is -2.07. The molecule has 23 heavy (non-hydrogen) atoms. The van der Waals surface area contributed by atoms with Gasteiger partial charge < -0.3 is 10.1 Å². The minimum atomic E-state index is -0.665. The van der Waals surface area contributed by atoms with Gasteiger partial charge in [0.1, 0.15) is 12.3 Å². The molecule has 0 amide bonds. The molecule has 0 saturated carbocycles. The lowest BCUT2D eigenvalue weighted by Gasteiger charge is -2.07. The van der Waals surface area contributed by atoms with E-state index in [4.69, 9.17) is 27.9 Å². The number of carbonyl (C=O) groups excluding carboxylic acids is 1. The van der Waals surface area contributed by atoms with Crippen molar-refractivity contribution in [3.05, 3.63) is 67.7 Å². The highest BCUT2D eigenvalue weighted by atomic mass is 35.5. The first kappa shape index (κ1) is 17.1. The molecule has 8 heteroatoms. The molecule has 0 aliphatic rings. The highest BCUT2D eigenvalue weighted by Gasteiger charge is 2.17. The van der Waals surface area contributed by atoms with E-state index in [2.05, 4.69) is 5.32 Å². The molecule has 0 saturated heterocycles. The topological polar surface area (TPSA) is 81.5 Å². The second-order valence-electron chi connectivity index (χ2n) is 4.56. The van der Waals surface area contributed by atoms with Gasteiger partial charge in [0.15, 0.2) is 0 Å². The molecule has 0 spiro atoms. The third-order valence-corrected chi connectivity index (χ3v) is 3.79. The normalized spacial score (nSPS) is 10.2. The maximum Gasteiger partial charge on any atom is 0.338 e. The summed E-state index contributed by atoms with van der Waals surface area (Å²) in [6.45, 7) is -0.0166. The predicted molar refractivity (Wildman–Crippen MR) is 88.2 cm³/mol. The van der Waals surface area contributed by atoms with Crippen molar-refractivity contribution in [1.29, 1.82) is 0 Å². The van der Waals surface area contributed by atoms with Crippen molar-refractivity contribution in [2.75, 3.05) is 12.4 Å². The maximum absolute atomic E-state index is 12.0. The molecule has 0 atom stereocenters. The Morgan fingerprint density at radius 3 is 2.57 bits per heavy atom. The van der Waals surface area contributed by atoms with E-state index in [1.165, 1.54) is 18.2 Å². The van der Waals surface area contributed by atoms with Crippen molar-refractivity contribution in [3.8, 4) is 0 Å². The number of nitro benzene ring substituents is 1. The van der Waals surface area contributed by atoms with Gasteiger partial charge >= 0.3 is 5.97 Å². The van der Waals surface area contributed by atoms with Gasteiger partial charge in [-0.25, -0.2) is 4.79 Å². The second kappa shape index (κ2) is 7.30. The zero-order valence-corrected chi connectivity index (χ0v) is 13.5. The number of benzene rings is 2. The van der Waals surface area contributed by atoms with Crippen LogP contribution in [0, 0.1) is 10.1 Å². The molecule has 2 aromatic carbocycles. The van der Waals surface area contributed by atoms with E-state index < -0.39 is 10.9 Å². The quantitative estimate of drug-likeness (QED) is 0.491. The Balaban J connectivity index is 2.13. The average Bonchev–Trinajstić information content (AvgIpc) is 2.54. The van der Waals surface area contributed by atoms with Gasteiger partial charge in [-0.2, -0.15) is 0 Å². The van der Waals surface area contributed by atoms with E-state index in [-0.39, 0.29) is 17.9 Å². The molecule has 0 aromatic heterocycles. The molecule has 0 fully saturated rings. The zero-order valence-electron chi connectivity index (χ0n) is 12.0. The minimum absolute atomic E-state index is 0.0166. The number of nitrogens with one attached hydrogen (secondary N) is 1. The van der Waals surface area contributed by atoms with Crippen LogP contribution >= 0.6 is 23.2 Å². The fourth-order valence-electron chi connectivity index (χ4n) is 1.88. The zero-order chi connectivity index (χ0) is 17.0. The molecule has 6 nitrogen and oxygen atoms in total. The van der Waals surface area contributed by atoms with E-state index in [1.807, 2.05) is 0 Å². The molecular weight excluding hydrogens is 343 g/mol. The number of nitrogens with zero attached hydrogens (tertiary/aromatic N) is 1. The number of ether oxygens (including phenoxy) is 1. The Morgan fingerprint density at radius 1 is 1.22 bits per heavy atom. The highest BCUT2D eigenvalue weighted by molar-refractivity contribution is 6.42. The second-order valence-corrected chi connectivity index (χ2v) is 5.38. The van der Waals surface area contributed by atoms with Crippen LogP contribution in [0.1, 0.15) is 15.9 Å². The summed E-state index contributed by atoms with van der Waals surface area (Å²) in [5.41, 5.74) is 0.873. The Hall–Kier alpha value is -2.31. The number of rotatable bonds is 5. The highest BCUT2D eigenvalue weighted by Crippen LogP contribution is 2.26. The average molecular weight is 355 g/mol. The number of halogens is 2. The Labute approximate surface area is 142 Å². The number of anilines is 1. The summed E-state index contributed by atoms with van der Waals surface area (Å²) >= 11 is 11.7. The molecule has 0 bridgehead atoms. The summed E-state index contributed by atoms with van der Waals surface area (Å²) in [5, 5.41) is 14.4. The van der Waals surface area contributed by atoms with Crippen LogP contribution in [0.3, 0.4) is 0 Å². The van der Waals surface area contributed by atoms with E-state index in [0.29, 0.717) is 21.3 Å². The Bertz CT molecular complexity index is 765. The van der Waals surface area contributed by atoms with Gasteiger partial charge in [0.25, 0.3) is 5.69 Å². The summed E-state index contributed by atoms with van der Waals surface area (Å²) < 4.78 is 5.13. The standard InChI is InChI=1S/C15H12Cl2N2O4/c1-18-13-5-3-10(7-14(13)19(21)22)15(20)23-8-9-2-4-11(16)12(17)6-9/h2-7,18H,8H2,1H3. The molecular formula is C15H12Cl2N2O4. The van der Waals surface area contributed by atoms with Crippen LogP contribution in [0.25, 0.3) is 0 Å². The first-order chi connectivity index (χ1) is 10.9. The van der Waals surface area contributed by atoms with Crippen molar-refractivity contribution in [1.82, 2.24) is 0 Å². The molecule has 0 radical (unpaired) electrons. The van der Waals surface area contributed by atoms with E-state index in [1.54, 1.807) is 25.2 Å². The van der Waals surface area contributed by atoms with Crippen molar-refractivity contribution in [2.45, 2.75) is 6.61 Å². The monoisotopic (exact) mass is 354 g/mol. The van der Waals surface area contributed by atoms with Crippen molar-refractivity contribution >= 4 is 40.5 Å². The maximum atomic E-state index is 12.0. The van der Waals surface area contributed by atoms with Crippen molar-refractivity contribution in [3.63, 3.8) is 0 Å². The number of hydrogen-bond acceptors (Lipinski definition) is 5. The lowest BCUT2D eigenvalue weighted by atomic mass is 10.1. The molecule has 0 aliphatic carbocycles. The van der Waals surface area contributed by atoms with Gasteiger partial charge in [-0.05, 0) is 29.8 Å².